The van der Waals surface area contributed by atoms with Crippen molar-refractivity contribution in [3.05, 3.63) is 47.8 Å². The molecule has 1 aromatic heterocycles. The van der Waals surface area contributed by atoms with E-state index in [1.165, 1.54) is 12.1 Å². The molecule has 0 saturated carbocycles. The summed E-state index contributed by atoms with van der Waals surface area (Å²) in [4.78, 5) is 27.0. The predicted octanol–water partition coefficient (Wildman–Crippen LogP) is 4.47. The van der Waals surface area contributed by atoms with Gasteiger partial charge in [-0.05, 0) is 44.2 Å². The van der Waals surface area contributed by atoms with Crippen molar-refractivity contribution in [3.63, 3.8) is 0 Å². The van der Waals surface area contributed by atoms with Gasteiger partial charge in [-0.3, -0.25) is 9.59 Å². The predicted molar refractivity (Wildman–Crippen MR) is 120 cm³/mol. The molecule has 0 spiro atoms. The summed E-state index contributed by atoms with van der Waals surface area (Å²) in [5.74, 6) is 1.38. The number of halogens is 1. The van der Waals surface area contributed by atoms with E-state index in [-0.39, 0.29) is 23.7 Å². The van der Waals surface area contributed by atoms with Crippen LogP contribution in [0.1, 0.15) is 24.2 Å². The molecule has 3 aromatic rings. The molecule has 2 amide bonds. The van der Waals surface area contributed by atoms with Crippen LogP contribution in [0.25, 0.3) is 22.3 Å². The minimum atomic E-state index is -0.377. The van der Waals surface area contributed by atoms with Crippen molar-refractivity contribution >= 4 is 40.2 Å². The van der Waals surface area contributed by atoms with Crippen LogP contribution in [0, 0.1) is 5.82 Å². The summed E-state index contributed by atoms with van der Waals surface area (Å²) in [7, 11) is 1.54. The largest absolute Gasteiger partial charge is 0.489 e. The molecule has 0 bridgehead atoms. The Morgan fingerprint density at radius 2 is 2.00 bits per heavy atom. The second-order valence-corrected chi connectivity index (χ2v) is 8.58. The van der Waals surface area contributed by atoms with Crippen LogP contribution >= 0.6 is 11.8 Å². The zero-order chi connectivity index (χ0) is 22.1. The Morgan fingerprint density at radius 3 is 2.65 bits per heavy atom. The van der Waals surface area contributed by atoms with Gasteiger partial charge in [-0.25, -0.2) is 4.39 Å². The Bertz CT molecular complexity index is 1140. The first kappa shape index (κ1) is 21.2. The van der Waals surface area contributed by atoms with Crippen LogP contribution in [0.4, 0.5) is 10.1 Å². The molecule has 0 radical (unpaired) electrons. The van der Waals surface area contributed by atoms with Crippen molar-refractivity contribution in [1.82, 2.24) is 5.32 Å². The van der Waals surface area contributed by atoms with Crippen LogP contribution in [0.2, 0.25) is 0 Å². The standard InChI is InChI=1S/C23H23FN2O4S/c1-13(2)29-19-10-16-18(11-17(19)26-8-9-31-12-20(26)27)30-22(21(16)23(28)25-3)14-4-6-15(24)7-5-14/h4-7,10-11,13H,8-9,12H2,1-3H3,(H,25,28). The minimum Gasteiger partial charge on any atom is -0.489 e. The number of amides is 2. The average molecular weight is 443 g/mol. The molecule has 0 aliphatic carbocycles. The van der Waals surface area contributed by atoms with Crippen LogP contribution in [0.3, 0.4) is 0 Å². The third-order valence-corrected chi connectivity index (χ3v) is 5.89. The summed E-state index contributed by atoms with van der Waals surface area (Å²) in [6, 6.07) is 9.27. The summed E-state index contributed by atoms with van der Waals surface area (Å²) < 4.78 is 25.6. The number of carbonyl (C=O) groups excluding carboxylic acids is 2. The number of carbonyl (C=O) groups is 2. The van der Waals surface area contributed by atoms with Crippen LogP contribution < -0.4 is 15.0 Å². The number of nitrogens with zero attached hydrogens (tertiary/aromatic N) is 1. The first-order valence-electron chi connectivity index (χ1n) is 10.0. The molecule has 1 N–H and O–H groups in total. The number of thioether (sulfide) groups is 1. The van der Waals surface area contributed by atoms with E-state index in [1.54, 1.807) is 48.0 Å². The van der Waals surface area contributed by atoms with Gasteiger partial charge in [0.2, 0.25) is 5.91 Å². The molecule has 162 valence electrons. The van der Waals surface area contributed by atoms with Gasteiger partial charge in [0, 0.05) is 36.4 Å². The normalized spacial score (nSPS) is 14.4. The van der Waals surface area contributed by atoms with Crippen LogP contribution in [-0.2, 0) is 4.79 Å². The number of furan rings is 1. The number of ether oxygens (including phenoxy) is 1. The molecule has 2 aromatic carbocycles. The fourth-order valence-electron chi connectivity index (χ4n) is 3.60. The number of anilines is 1. The zero-order valence-electron chi connectivity index (χ0n) is 17.5. The Kier molecular flexibility index (Phi) is 5.91. The van der Waals surface area contributed by atoms with Gasteiger partial charge in [-0.1, -0.05) is 0 Å². The van der Waals surface area contributed by atoms with E-state index in [0.29, 0.717) is 51.6 Å². The lowest BCUT2D eigenvalue weighted by Gasteiger charge is -2.28. The van der Waals surface area contributed by atoms with Crippen molar-refractivity contribution in [3.8, 4) is 17.1 Å². The highest BCUT2D eigenvalue weighted by Gasteiger charge is 2.28. The molecular formula is C23H23FN2O4S. The summed E-state index contributed by atoms with van der Waals surface area (Å²) in [5.41, 5.74) is 1.99. The number of benzene rings is 2. The molecule has 31 heavy (non-hydrogen) atoms. The first-order valence-corrected chi connectivity index (χ1v) is 11.2. The number of rotatable bonds is 5. The monoisotopic (exact) mass is 442 g/mol. The zero-order valence-corrected chi connectivity index (χ0v) is 18.3. The molecule has 0 atom stereocenters. The smallest absolute Gasteiger partial charge is 0.255 e. The molecule has 4 rings (SSSR count). The molecular weight excluding hydrogens is 419 g/mol. The first-order chi connectivity index (χ1) is 14.9. The fourth-order valence-corrected chi connectivity index (χ4v) is 4.39. The second-order valence-electron chi connectivity index (χ2n) is 7.47. The Hall–Kier alpha value is -3.00. The molecule has 1 saturated heterocycles. The van der Waals surface area contributed by atoms with Crippen molar-refractivity contribution in [1.29, 1.82) is 0 Å². The van der Waals surface area contributed by atoms with Gasteiger partial charge in [0.25, 0.3) is 5.91 Å². The summed E-state index contributed by atoms with van der Waals surface area (Å²) in [6.07, 6.45) is -0.127. The van der Waals surface area contributed by atoms with E-state index in [9.17, 15) is 14.0 Å². The number of hydrogen-bond acceptors (Lipinski definition) is 5. The van der Waals surface area contributed by atoms with E-state index in [2.05, 4.69) is 5.32 Å². The molecule has 1 fully saturated rings. The maximum atomic E-state index is 13.4. The number of hydrogen-bond donors (Lipinski definition) is 1. The van der Waals surface area contributed by atoms with E-state index in [1.807, 2.05) is 13.8 Å². The Labute approximate surface area is 183 Å². The summed E-state index contributed by atoms with van der Waals surface area (Å²) in [6.45, 7) is 4.37. The number of fused-ring (bicyclic) bond motifs is 1. The highest BCUT2D eigenvalue weighted by Crippen LogP contribution is 2.41. The summed E-state index contributed by atoms with van der Waals surface area (Å²) in [5, 5.41) is 3.21. The summed E-state index contributed by atoms with van der Waals surface area (Å²) >= 11 is 1.60. The second kappa shape index (κ2) is 8.63. The van der Waals surface area contributed by atoms with E-state index < -0.39 is 0 Å². The van der Waals surface area contributed by atoms with Gasteiger partial charge in [-0.2, -0.15) is 11.8 Å². The van der Waals surface area contributed by atoms with Gasteiger partial charge in [0.1, 0.15) is 22.9 Å². The lowest BCUT2D eigenvalue weighted by atomic mass is 10.0. The molecule has 8 heteroatoms. The SMILES string of the molecule is CNC(=O)c1c(-c2ccc(F)cc2)oc2cc(N3CCSCC3=O)c(OC(C)C)cc12. The van der Waals surface area contributed by atoms with Crippen LogP contribution in [-0.4, -0.2) is 43.0 Å². The fraction of sp³-hybridized carbons (Fsp3) is 0.304. The Morgan fingerprint density at radius 1 is 1.26 bits per heavy atom. The molecule has 0 unspecified atom stereocenters. The maximum absolute atomic E-state index is 13.4. The highest BCUT2D eigenvalue weighted by atomic mass is 32.2. The third-order valence-electron chi connectivity index (χ3n) is 4.97. The van der Waals surface area contributed by atoms with E-state index >= 15 is 0 Å². The minimum absolute atomic E-state index is 0.000968. The average Bonchev–Trinajstić information content (AvgIpc) is 3.11. The van der Waals surface area contributed by atoms with Gasteiger partial charge in [0.05, 0.1) is 23.1 Å². The maximum Gasteiger partial charge on any atom is 0.255 e. The molecule has 2 heterocycles. The quantitative estimate of drug-likeness (QED) is 0.632. The third kappa shape index (κ3) is 4.12. The van der Waals surface area contributed by atoms with Crippen LogP contribution in [0.15, 0.2) is 40.8 Å². The van der Waals surface area contributed by atoms with Crippen molar-refractivity contribution in [2.45, 2.75) is 20.0 Å². The van der Waals surface area contributed by atoms with Crippen molar-refractivity contribution < 1.29 is 23.1 Å². The number of nitrogens with one attached hydrogen (secondary N) is 1. The highest BCUT2D eigenvalue weighted by molar-refractivity contribution is 8.00. The van der Waals surface area contributed by atoms with Gasteiger partial charge in [0.15, 0.2) is 0 Å². The van der Waals surface area contributed by atoms with Crippen molar-refractivity contribution in [2.24, 2.45) is 0 Å². The van der Waals surface area contributed by atoms with Gasteiger partial charge < -0.3 is 19.4 Å². The molecule has 6 nitrogen and oxygen atoms in total. The Balaban J connectivity index is 1.95. The van der Waals surface area contributed by atoms with E-state index in [4.69, 9.17) is 9.15 Å². The topological polar surface area (TPSA) is 71.8 Å². The molecule has 1 aliphatic heterocycles. The van der Waals surface area contributed by atoms with Gasteiger partial charge >= 0.3 is 0 Å². The molecule has 1 aliphatic rings. The lowest BCUT2D eigenvalue weighted by Crippen LogP contribution is -2.38. The van der Waals surface area contributed by atoms with E-state index in [0.717, 1.165) is 5.75 Å². The lowest BCUT2D eigenvalue weighted by molar-refractivity contribution is -0.116. The van der Waals surface area contributed by atoms with Crippen molar-refractivity contribution in [2.75, 3.05) is 30.0 Å². The van der Waals surface area contributed by atoms with Crippen LogP contribution in [0.5, 0.6) is 5.75 Å². The van der Waals surface area contributed by atoms with Gasteiger partial charge in [-0.15, -0.1) is 0 Å².